The maximum Gasteiger partial charge on any atom is 0.254 e. The van der Waals surface area contributed by atoms with E-state index in [0.29, 0.717) is 43.8 Å². The molecule has 0 aromatic carbocycles. The second kappa shape index (κ2) is 10.2. The Morgan fingerprint density at radius 1 is 1.03 bits per heavy atom. The number of amides is 2. The van der Waals surface area contributed by atoms with Crippen molar-refractivity contribution in [2.75, 3.05) is 31.6 Å². The van der Waals surface area contributed by atoms with Crippen LogP contribution >= 0.6 is 11.3 Å². The lowest BCUT2D eigenvalue weighted by Gasteiger charge is -2.44. The van der Waals surface area contributed by atoms with Gasteiger partial charge in [0.05, 0.1) is 11.3 Å². The number of fused-ring (bicyclic) bond motifs is 1. The summed E-state index contributed by atoms with van der Waals surface area (Å²) >= 11 is 1.69. The molecule has 3 aliphatic rings. The summed E-state index contributed by atoms with van der Waals surface area (Å²) in [5.74, 6) is 1.42. The fourth-order valence-electron chi connectivity index (χ4n) is 5.78. The maximum atomic E-state index is 13.3. The zero-order valence-corrected chi connectivity index (χ0v) is 20.8. The smallest absolute Gasteiger partial charge is 0.254 e. The molecule has 8 heteroatoms. The molecule has 1 aromatic rings. The Labute approximate surface area is 196 Å². The molecule has 2 aliphatic heterocycles. The first-order valence-electron chi connectivity index (χ1n) is 12.2. The van der Waals surface area contributed by atoms with Crippen LogP contribution in [0.5, 0.6) is 0 Å². The van der Waals surface area contributed by atoms with E-state index >= 15 is 0 Å². The minimum Gasteiger partial charge on any atom is -0.343 e. The molecule has 1 aliphatic carbocycles. The first kappa shape index (κ1) is 23.7. The molecule has 3 fully saturated rings. The average molecular weight is 481 g/mol. The SMILES string of the molecule is CS(=O)(=O)CCCC(=O)N1CCC(c2cc(C(=O)N3CCC[C@H]4CCCC[C@H]43)cs2)CC1. The lowest BCUT2D eigenvalue weighted by Crippen LogP contribution is -2.49. The summed E-state index contributed by atoms with van der Waals surface area (Å²) in [6, 6.07) is 2.54. The van der Waals surface area contributed by atoms with Crippen molar-refractivity contribution in [1.82, 2.24) is 9.80 Å². The molecule has 0 radical (unpaired) electrons. The molecule has 32 heavy (non-hydrogen) atoms. The number of hydrogen-bond acceptors (Lipinski definition) is 5. The highest BCUT2D eigenvalue weighted by Gasteiger charge is 2.36. The van der Waals surface area contributed by atoms with Crippen LogP contribution in [0.2, 0.25) is 0 Å². The van der Waals surface area contributed by atoms with E-state index in [0.717, 1.165) is 37.8 Å². The van der Waals surface area contributed by atoms with E-state index in [1.54, 1.807) is 11.3 Å². The number of carbonyl (C=O) groups is 2. The maximum absolute atomic E-state index is 13.3. The Kier molecular flexibility index (Phi) is 7.60. The molecule has 4 rings (SSSR count). The van der Waals surface area contributed by atoms with Gasteiger partial charge in [-0.15, -0.1) is 11.3 Å². The van der Waals surface area contributed by atoms with Crippen LogP contribution < -0.4 is 0 Å². The molecule has 0 unspecified atom stereocenters. The molecule has 2 saturated heterocycles. The Hall–Kier alpha value is -1.41. The summed E-state index contributed by atoms with van der Waals surface area (Å²) in [4.78, 5) is 31.0. The van der Waals surface area contributed by atoms with E-state index < -0.39 is 9.84 Å². The van der Waals surface area contributed by atoms with Crippen molar-refractivity contribution < 1.29 is 18.0 Å². The lowest BCUT2D eigenvalue weighted by molar-refractivity contribution is -0.132. The van der Waals surface area contributed by atoms with Gasteiger partial charge in [-0.1, -0.05) is 12.8 Å². The molecular formula is C24H36N2O4S2. The van der Waals surface area contributed by atoms with Gasteiger partial charge in [0.15, 0.2) is 0 Å². The fraction of sp³-hybridized carbons (Fsp3) is 0.750. The zero-order valence-electron chi connectivity index (χ0n) is 19.1. The predicted molar refractivity (Wildman–Crippen MR) is 128 cm³/mol. The van der Waals surface area contributed by atoms with E-state index in [1.807, 2.05) is 10.3 Å². The number of carbonyl (C=O) groups excluding carboxylic acids is 2. The van der Waals surface area contributed by atoms with Crippen LogP contribution in [-0.4, -0.2) is 67.7 Å². The van der Waals surface area contributed by atoms with Gasteiger partial charge in [-0.2, -0.15) is 0 Å². The lowest BCUT2D eigenvalue weighted by atomic mass is 9.78. The molecule has 3 heterocycles. The number of nitrogens with zero attached hydrogens (tertiary/aromatic N) is 2. The first-order valence-corrected chi connectivity index (χ1v) is 15.1. The highest BCUT2D eigenvalue weighted by molar-refractivity contribution is 7.90. The van der Waals surface area contributed by atoms with Crippen molar-refractivity contribution in [2.24, 2.45) is 5.92 Å². The molecule has 0 N–H and O–H groups in total. The highest BCUT2D eigenvalue weighted by atomic mass is 32.2. The topological polar surface area (TPSA) is 74.8 Å². The van der Waals surface area contributed by atoms with Crippen molar-refractivity contribution in [3.8, 4) is 0 Å². The Balaban J connectivity index is 1.30. The minimum atomic E-state index is -3.02. The second-order valence-corrected chi connectivity index (χ2v) is 13.1. The molecule has 178 valence electrons. The summed E-state index contributed by atoms with van der Waals surface area (Å²) in [6.45, 7) is 2.31. The summed E-state index contributed by atoms with van der Waals surface area (Å²) < 4.78 is 22.5. The Morgan fingerprint density at radius 3 is 2.50 bits per heavy atom. The molecular weight excluding hydrogens is 444 g/mol. The Bertz CT molecular complexity index is 916. The summed E-state index contributed by atoms with van der Waals surface area (Å²) in [6.07, 6.45) is 11.1. The third-order valence-electron chi connectivity index (χ3n) is 7.53. The number of rotatable bonds is 6. The van der Waals surface area contributed by atoms with Crippen LogP contribution in [0.3, 0.4) is 0 Å². The molecule has 1 saturated carbocycles. The fourth-order valence-corrected chi connectivity index (χ4v) is 7.50. The number of piperidine rings is 2. The van der Waals surface area contributed by atoms with Gasteiger partial charge in [0.1, 0.15) is 9.84 Å². The average Bonchev–Trinajstić information content (AvgIpc) is 3.28. The number of hydrogen-bond donors (Lipinski definition) is 0. The van der Waals surface area contributed by atoms with Crippen molar-refractivity contribution in [1.29, 1.82) is 0 Å². The number of sulfone groups is 1. The van der Waals surface area contributed by atoms with Gasteiger partial charge >= 0.3 is 0 Å². The van der Waals surface area contributed by atoms with Gasteiger partial charge in [0, 0.05) is 48.6 Å². The van der Waals surface area contributed by atoms with E-state index in [9.17, 15) is 18.0 Å². The quantitative estimate of drug-likeness (QED) is 0.615. The largest absolute Gasteiger partial charge is 0.343 e. The molecule has 6 nitrogen and oxygen atoms in total. The monoisotopic (exact) mass is 480 g/mol. The summed E-state index contributed by atoms with van der Waals surface area (Å²) in [5.41, 5.74) is 0.843. The highest BCUT2D eigenvalue weighted by Crippen LogP contribution is 2.37. The van der Waals surface area contributed by atoms with Crippen LogP contribution in [0.25, 0.3) is 0 Å². The number of thiophene rings is 1. The minimum absolute atomic E-state index is 0.0567. The van der Waals surface area contributed by atoms with E-state index in [2.05, 4.69) is 11.0 Å². The number of likely N-dealkylation sites (tertiary alicyclic amines) is 2. The van der Waals surface area contributed by atoms with Gasteiger partial charge < -0.3 is 9.80 Å². The van der Waals surface area contributed by atoms with E-state index in [1.165, 1.54) is 36.8 Å². The van der Waals surface area contributed by atoms with Crippen molar-refractivity contribution in [2.45, 2.75) is 76.2 Å². The van der Waals surface area contributed by atoms with E-state index in [-0.39, 0.29) is 17.6 Å². The molecule has 1 aromatic heterocycles. The van der Waals surface area contributed by atoms with Gasteiger partial charge in [0.2, 0.25) is 5.91 Å². The van der Waals surface area contributed by atoms with Gasteiger partial charge in [-0.3, -0.25) is 9.59 Å². The van der Waals surface area contributed by atoms with Crippen LogP contribution in [-0.2, 0) is 14.6 Å². The molecule has 2 amide bonds. The summed E-state index contributed by atoms with van der Waals surface area (Å²) in [7, 11) is -3.02. The standard InChI is InChI=1S/C24H36N2O4S2/c1-32(29,30)15-5-9-23(27)25-13-10-19(11-14-25)22-16-20(17-31-22)24(28)26-12-4-7-18-6-2-3-8-21(18)26/h16-19,21H,2-15H2,1H3/t18-,21-/m1/s1. The Morgan fingerprint density at radius 2 is 1.75 bits per heavy atom. The van der Waals surface area contributed by atoms with Crippen molar-refractivity contribution >= 4 is 33.0 Å². The predicted octanol–water partition coefficient (Wildman–Crippen LogP) is 4.07. The van der Waals surface area contributed by atoms with Crippen LogP contribution in [0.15, 0.2) is 11.4 Å². The molecule has 2 atom stereocenters. The second-order valence-electron chi connectivity index (χ2n) is 9.88. The third-order valence-corrected chi connectivity index (χ3v) is 9.65. The van der Waals surface area contributed by atoms with Gasteiger partial charge in [0.25, 0.3) is 5.91 Å². The summed E-state index contributed by atoms with van der Waals surface area (Å²) in [5, 5.41) is 2.03. The van der Waals surface area contributed by atoms with Crippen LogP contribution in [0, 0.1) is 5.92 Å². The van der Waals surface area contributed by atoms with Crippen molar-refractivity contribution in [3.05, 3.63) is 21.9 Å². The van der Waals surface area contributed by atoms with Gasteiger partial charge in [-0.05, 0) is 62.8 Å². The van der Waals surface area contributed by atoms with E-state index in [4.69, 9.17) is 0 Å². The zero-order chi connectivity index (χ0) is 22.7. The molecule has 0 bridgehead atoms. The molecule has 0 spiro atoms. The van der Waals surface area contributed by atoms with Gasteiger partial charge in [-0.25, -0.2) is 8.42 Å². The third kappa shape index (κ3) is 5.74. The normalized spacial score (nSPS) is 24.9. The first-order chi connectivity index (χ1) is 15.3. The van der Waals surface area contributed by atoms with Crippen molar-refractivity contribution in [3.63, 3.8) is 0 Å². The van der Waals surface area contributed by atoms with Crippen LogP contribution in [0.1, 0.15) is 85.4 Å². The van der Waals surface area contributed by atoms with Crippen LogP contribution in [0.4, 0.5) is 0 Å².